The third-order valence-electron chi connectivity index (χ3n) is 0. The van der Waals surface area contributed by atoms with Gasteiger partial charge in [-0.05, 0) is 0 Å². The molecule has 0 bridgehead atoms. The van der Waals surface area contributed by atoms with Crippen molar-refractivity contribution in [2.75, 3.05) is 0 Å². The smallest absolute Gasteiger partial charge is 0 e. The standard InChI is InChI=1S/Ag.2In.O.2Sn.2Zn. The largest absolute Gasteiger partial charge is 0 e. The van der Waals surface area contributed by atoms with Crippen molar-refractivity contribution in [1.29, 1.82) is 0 Å². The predicted octanol–water partition coefficient (Wildman–Crippen LogP) is -1.65. The molecule has 0 aromatic carbocycles. The average molecular weight is 722 g/mol. The van der Waals surface area contributed by atoms with Crippen molar-refractivity contribution in [3.05, 3.63) is 0 Å². The summed E-state index contributed by atoms with van der Waals surface area (Å²) in [4.78, 5) is 0. The second-order valence-corrected chi connectivity index (χ2v) is 0. The van der Waals surface area contributed by atoms with E-state index in [-0.39, 0.29) is 137 Å². The van der Waals surface area contributed by atoms with E-state index in [1.54, 1.807) is 0 Å². The maximum absolute atomic E-state index is 8.34. The minimum atomic E-state index is 0. The Kier molecular flexibility index (Phi) is 367. The molecule has 8 heavy (non-hydrogen) atoms. The van der Waals surface area contributed by atoms with E-state index in [0.29, 0.717) is 22.5 Å². The molecule has 8 heteroatoms. The van der Waals surface area contributed by atoms with Crippen molar-refractivity contribution in [3.8, 4) is 0 Å². The van der Waals surface area contributed by atoms with E-state index in [0.717, 1.165) is 0 Å². The van der Waals surface area contributed by atoms with Crippen LogP contribution in [0.15, 0.2) is 0 Å². The van der Waals surface area contributed by atoms with Gasteiger partial charge in [0.2, 0.25) is 0 Å². The van der Waals surface area contributed by atoms with Crippen LogP contribution in [-0.4, -0.2) is 98.1 Å². The molecular formula is AgIn2OSn2Zn2. The quantitative estimate of drug-likeness (QED) is 0.275. The number of hydrogen-bond donors (Lipinski definition) is 0. The molecule has 1 nitrogen and oxygen atoms in total. The Morgan fingerprint density at radius 3 is 0.875 bits per heavy atom. The zero-order valence-corrected chi connectivity index (χ0v) is 24.0. The summed E-state index contributed by atoms with van der Waals surface area (Å²) in [6, 6.07) is 0. The summed E-state index contributed by atoms with van der Waals surface area (Å²) in [7, 11) is 0. The van der Waals surface area contributed by atoms with E-state index in [1.807, 2.05) is 0 Å². The number of hydrogen-bond acceptors (Lipinski definition) is 1. The zero-order chi connectivity index (χ0) is 2.00. The van der Waals surface area contributed by atoms with Crippen LogP contribution in [0.1, 0.15) is 0 Å². The fourth-order valence-electron chi connectivity index (χ4n) is 0. The van der Waals surface area contributed by atoms with Crippen molar-refractivity contribution in [1.82, 2.24) is 0 Å². The molecule has 0 aliphatic rings. The Morgan fingerprint density at radius 1 is 0.875 bits per heavy atom. The SMILES string of the molecule is [Ag].[In].[In].[O]=[Sn].[Sn].[Zn].[Zn]. The normalized spacial score (nSPS) is 0.500. The van der Waals surface area contributed by atoms with Gasteiger partial charge in [-0.15, -0.1) is 0 Å². The van der Waals surface area contributed by atoms with Gasteiger partial charge < -0.3 is 0 Å². The van der Waals surface area contributed by atoms with Crippen LogP contribution in [0.2, 0.25) is 0 Å². The summed E-state index contributed by atoms with van der Waals surface area (Å²) < 4.78 is 8.34. The molecule has 0 atom stereocenters. The third kappa shape index (κ3) is 43.4. The molecule has 0 saturated carbocycles. The molecule has 0 aromatic rings. The average Bonchev–Trinajstić information content (AvgIpc) is 1.00. The molecule has 0 fully saturated rings. The van der Waals surface area contributed by atoms with E-state index in [1.165, 1.54) is 0 Å². The monoisotopic (exact) mass is 720 g/mol. The van der Waals surface area contributed by atoms with Crippen LogP contribution in [-0.2, 0) is 64.4 Å². The van der Waals surface area contributed by atoms with Crippen LogP contribution in [0.25, 0.3) is 0 Å². The summed E-state index contributed by atoms with van der Waals surface area (Å²) in [5.41, 5.74) is 0. The van der Waals surface area contributed by atoms with Crippen molar-refractivity contribution < 1.29 is 64.4 Å². The minimum Gasteiger partial charge on any atom is 0 e. The second-order valence-electron chi connectivity index (χ2n) is 0. The second kappa shape index (κ2) is 57.1. The summed E-state index contributed by atoms with van der Waals surface area (Å²) in [6.07, 6.45) is 0. The van der Waals surface area contributed by atoms with Gasteiger partial charge in [0.25, 0.3) is 0 Å². The first-order chi connectivity index (χ1) is 1.00. The summed E-state index contributed by atoms with van der Waals surface area (Å²) in [6.45, 7) is 0. The van der Waals surface area contributed by atoms with Gasteiger partial charge in [-0.3, -0.25) is 0 Å². The molecule has 0 aliphatic heterocycles. The fraction of sp³-hybridized carbons (Fsp3) is 0. The van der Waals surface area contributed by atoms with Gasteiger partial charge >= 0.3 is 25.6 Å². The van der Waals surface area contributed by atoms with Gasteiger partial charge in [0.1, 0.15) is 0 Å². The van der Waals surface area contributed by atoms with Crippen LogP contribution in [0.5, 0.6) is 0 Å². The van der Waals surface area contributed by atoms with Crippen LogP contribution in [0, 0.1) is 0 Å². The Hall–Kier alpha value is 5.12. The molecule has 0 N–H and O–H groups in total. The van der Waals surface area contributed by atoms with Crippen molar-refractivity contribution in [3.63, 3.8) is 0 Å². The maximum Gasteiger partial charge on any atom is 0 e. The van der Waals surface area contributed by atoms with Crippen LogP contribution < -0.4 is 0 Å². The Balaban J connectivity index is -0.000000000333. The van der Waals surface area contributed by atoms with Gasteiger partial charge in [0.15, 0.2) is 0 Å². The van der Waals surface area contributed by atoms with E-state index in [4.69, 9.17) is 3.08 Å². The Bertz CT molecular complexity index is 18.0. The van der Waals surface area contributed by atoms with Gasteiger partial charge in [0.05, 0.1) is 0 Å². The predicted molar refractivity (Wildman–Crippen MR) is 23.7 cm³/mol. The molecule has 0 unspecified atom stereocenters. The van der Waals surface area contributed by atoms with Crippen molar-refractivity contribution in [2.45, 2.75) is 0 Å². The van der Waals surface area contributed by atoms with E-state index in [9.17, 15) is 0 Å². The van der Waals surface area contributed by atoms with Gasteiger partial charge in [0, 0.05) is 137 Å². The summed E-state index contributed by atoms with van der Waals surface area (Å²) in [5.74, 6) is 0. The van der Waals surface area contributed by atoms with E-state index >= 15 is 0 Å². The third-order valence-corrected chi connectivity index (χ3v) is 0. The first-order valence-corrected chi connectivity index (χ1v) is 1.37. The van der Waals surface area contributed by atoms with E-state index < -0.39 is 0 Å². The van der Waals surface area contributed by atoms with Crippen LogP contribution in [0.3, 0.4) is 0 Å². The summed E-state index contributed by atoms with van der Waals surface area (Å²) >= 11 is 0.300. The summed E-state index contributed by atoms with van der Waals surface area (Å²) in [5, 5.41) is 0. The van der Waals surface area contributed by atoms with Crippen molar-refractivity contribution in [2.24, 2.45) is 0 Å². The maximum atomic E-state index is 8.34. The first-order valence-electron chi connectivity index (χ1n) is 0.204. The zero-order valence-electron chi connectivity index (χ0n) is 4.28. The van der Waals surface area contributed by atoms with Crippen LogP contribution in [0.4, 0.5) is 0 Å². The Morgan fingerprint density at radius 2 is 0.875 bits per heavy atom. The molecule has 0 saturated heterocycles. The molecule has 0 heterocycles. The minimum absolute atomic E-state index is 0. The first kappa shape index (κ1) is 51.4. The molecule has 35 valence electrons. The Labute approximate surface area is 158 Å². The molecule has 0 rings (SSSR count). The molecule has 0 aromatic heterocycles. The molecule has 0 aliphatic carbocycles. The molecule has 13 radical (unpaired) electrons. The van der Waals surface area contributed by atoms with E-state index in [2.05, 4.69) is 0 Å². The van der Waals surface area contributed by atoms with Gasteiger partial charge in [-0.1, -0.05) is 0 Å². The van der Waals surface area contributed by atoms with Gasteiger partial charge in [-0.25, -0.2) is 0 Å². The van der Waals surface area contributed by atoms with Crippen molar-refractivity contribution >= 4 is 98.1 Å². The molecular weight excluding hydrogens is 722 g/mol. The number of rotatable bonds is 0. The van der Waals surface area contributed by atoms with Crippen LogP contribution >= 0.6 is 0 Å². The van der Waals surface area contributed by atoms with Gasteiger partial charge in [-0.2, -0.15) is 0 Å². The fourth-order valence-corrected chi connectivity index (χ4v) is 0. The molecule has 0 amide bonds. The molecule has 0 spiro atoms. The topological polar surface area (TPSA) is 17.1 Å².